The fraction of sp³-hybridized carbons (Fsp3) is 0.500. The highest BCUT2D eigenvalue weighted by Crippen LogP contribution is 2.23. The minimum Gasteiger partial charge on any atom is -0.482 e. The van der Waals surface area contributed by atoms with E-state index in [-0.39, 0.29) is 31.0 Å². The molecule has 2 atom stereocenters. The molecule has 2 rings (SSSR count). The number of amides is 1. The Morgan fingerprint density at radius 2 is 2.15 bits per heavy atom. The Labute approximate surface area is 130 Å². The largest absolute Gasteiger partial charge is 0.482 e. The number of nitrogens with one attached hydrogen (secondary N) is 1. The molecule has 0 bridgehead atoms. The van der Waals surface area contributed by atoms with Crippen LogP contribution in [0.4, 0.5) is 0 Å². The van der Waals surface area contributed by atoms with Gasteiger partial charge in [0.1, 0.15) is 5.75 Å². The highest BCUT2D eigenvalue weighted by atomic mass is 35.5. The molecule has 2 unspecified atom stereocenters. The lowest BCUT2D eigenvalue weighted by atomic mass is 10.1. The number of nitrogens with zero attached hydrogens (tertiary/aromatic N) is 1. The van der Waals surface area contributed by atoms with Gasteiger partial charge in [-0.2, -0.15) is 0 Å². The lowest BCUT2D eigenvalue weighted by molar-refractivity contribution is -0.137. The van der Waals surface area contributed by atoms with Gasteiger partial charge >= 0.3 is 0 Å². The van der Waals surface area contributed by atoms with Crippen molar-refractivity contribution < 1.29 is 9.53 Å². The van der Waals surface area contributed by atoms with Gasteiger partial charge in [0, 0.05) is 25.2 Å². The number of carbonyl (C=O) groups is 1. The molecule has 1 fully saturated rings. The Balaban J connectivity index is 0.00000200. The molecule has 4 nitrogen and oxygen atoms in total. The van der Waals surface area contributed by atoms with E-state index in [2.05, 4.69) is 12.2 Å². The van der Waals surface area contributed by atoms with Crippen LogP contribution in [-0.4, -0.2) is 42.6 Å². The van der Waals surface area contributed by atoms with Gasteiger partial charge in [0.05, 0.1) is 5.02 Å². The number of hydrogen-bond acceptors (Lipinski definition) is 3. The van der Waals surface area contributed by atoms with Gasteiger partial charge in [0.2, 0.25) is 0 Å². The summed E-state index contributed by atoms with van der Waals surface area (Å²) in [6.45, 7) is 5.70. The number of para-hydroxylation sites is 1. The average Bonchev–Trinajstić information content (AvgIpc) is 2.40. The second-order valence-corrected chi connectivity index (χ2v) is 5.20. The van der Waals surface area contributed by atoms with Crippen LogP contribution in [0.2, 0.25) is 5.02 Å². The predicted octanol–water partition coefficient (Wildman–Crippen LogP) is 2.35. The zero-order valence-electron chi connectivity index (χ0n) is 11.6. The summed E-state index contributed by atoms with van der Waals surface area (Å²) in [4.78, 5) is 14.0. The number of piperazine rings is 1. The van der Waals surface area contributed by atoms with Gasteiger partial charge in [-0.1, -0.05) is 23.7 Å². The molecule has 0 aliphatic carbocycles. The maximum absolute atomic E-state index is 12.2. The van der Waals surface area contributed by atoms with E-state index in [1.54, 1.807) is 12.1 Å². The quantitative estimate of drug-likeness (QED) is 0.930. The van der Waals surface area contributed by atoms with Crippen molar-refractivity contribution in [3.63, 3.8) is 0 Å². The molecule has 6 heteroatoms. The maximum atomic E-state index is 12.2. The van der Waals surface area contributed by atoms with Crippen LogP contribution < -0.4 is 10.1 Å². The van der Waals surface area contributed by atoms with Crippen molar-refractivity contribution in [2.24, 2.45) is 0 Å². The van der Waals surface area contributed by atoms with Crippen LogP contribution in [0.5, 0.6) is 5.75 Å². The van der Waals surface area contributed by atoms with Gasteiger partial charge in [0.25, 0.3) is 5.91 Å². The molecule has 112 valence electrons. The van der Waals surface area contributed by atoms with Gasteiger partial charge in [-0.3, -0.25) is 4.79 Å². The molecule has 0 saturated carbocycles. The molecule has 0 radical (unpaired) electrons. The van der Waals surface area contributed by atoms with Crippen molar-refractivity contribution in [1.29, 1.82) is 0 Å². The SMILES string of the molecule is CC1NCCN(C(=O)COc2ccccc2Cl)C1C.Cl. The van der Waals surface area contributed by atoms with E-state index in [1.165, 1.54) is 0 Å². The number of rotatable bonds is 3. The number of carbonyl (C=O) groups excluding carboxylic acids is 1. The van der Waals surface area contributed by atoms with Crippen LogP contribution in [0.15, 0.2) is 24.3 Å². The van der Waals surface area contributed by atoms with Crippen molar-refractivity contribution in [3.8, 4) is 5.75 Å². The molecule has 1 aliphatic rings. The second kappa shape index (κ2) is 7.72. The molecule has 1 aliphatic heterocycles. The van der Waals surface area contributed by atoms with Crippen molar-refractivity contribution in [3.05, 3.63) is 29.3 Å². The fourth-order valence-electron chi connectivity index (χ4n) is 2.19. The summed E-state index contributed by atoms with van der Waals surface area (Å²) in [6, 6.07) is 7.66. The molecule has 1 aromatic rings. The fourth-order valence-corrected chi connectivity index (χ4v) is 2.38. The topological polar surface area (TPSA) is 41.6 Å². The van der Waals surface area contributed by atoms with Gasteiger partial charge in [-0.15, -0.1) is 12.4 Å². The summed E-state index contributed by atoms with van der Waals surface area (Å²) >= 11 is 5.99. The minimum absolute atomic E-state index is 0. The Kier molecular flexibility index (Phi) is 6.59. The first-order valence-corrected chi connectivity index (χ1v) is 6.87. The van der Waals surface area contributed by atoms with Crippen molar-refractivity contribution in [2.75, 3.05) is 19.7 Å². The molecule has 1 aromatic carbocycles. The Hall–Kier alpha value is -0.970. The number of ether oxygens (including phenoxy) is 1. The van der Waals surface area contributed by atoms with Crippen LogP contribution in [0.3, 0.4) is 0 Å². The van der Waals surface area contributed by atoms with Crippen molar-refractivity contribution in [1.82, 2.24) is 10.2 Å². The molecule has 1 amide bonds. The molecule has 20 heavy (non-hydrogen) atoms. The monoisotopic (exact) mass is 318 g/mol. The summed E-state index contributed by atoms with van der Waals surface area (Å²) in [7, 11) is 0. The third-order valence-corrected chi connectivity index (χ3v) is 3.85. The Morgan fingerprint density at radius 3 is 2.85 bits per heavy atom. The van der Waals surface area contributed by atoms with E-state index in [0.29, 0.717) is 16.8 Å². The van der Waals surface area contributed by atoms with Crippen LogP contribution in [0, 0.1) is 0 Å². The van der Waals surface area contributed by atoms with E-state index >= 15 is 0 Å². The first-order chi connectivity index (χ1) is 9.09. The van der Waals surface area contributed by atoms with Crippen molar-refractivity contribution >= 4 is 29.9 Å². The first-order valence-electron chi connectivity index (χ1n) is 6.50. The average molecular weight is 319 g/mol. The van der Waals surface area contributed by atoms with E-state index in [1.807, 2.05) is 24.0 Å². The van der Waals surface area contributed by atoms with E-state index < -0.39 is 0 Å². The van der Waals surface area contributed by atoms with Crippen LogP contribution in [0.25, 0.3) is 0 Å². The molecule has 1 saturated heterocycles. The third kappa shape index (κ3) is 4.01. The standard InChI is InChI=1S/C14H19ClN2O2.ClH/c1-10-11(2)17(8-7-16-10)14(18)9-19-13-6-4-3-5-12(13)15;/h3-6,10-11,16H,7-9H2,1-2H3;1H. The summed E-state index contributed by atoms with van der Waals surface area (Å²) in [6.07, 6.45) is 0. The summed E-state index contributed by atoms with van der Waals surface area (Å²) in [5.41, 5.74) is 0. The van der Waals surface area contributed by atoms with Gasteiger partial charge in [-0.25, -0.2) is 0 Å². The van der Waals surface area contributed by atoms with Gasteiger partial charge in [-0.05, 0) is 26.0 Å². The van der Waals surface area contributed by atoms with E-state index in [4.69, 9.17) is 16.3 Å². The van der Waals surface area contributed by atoms with E-state index in [9.17, 15) is 4.79 Å². The lowest BCUT2D eigenvalue weighted by Gasteiger charge is -2.38. The molecule has 0 spiro atoms. The van der Waals surface area contributed by atoms with Gasteiger partial charge < -0.3 is 15.0 Å². The summed E-state index contributed by atoms with van der Waals surface area (Å²) in [5.74, 6) is 0.550. The van der Waals surface area contributed by atoms with Crippen LogP contribution >= 0.6 is 24.0 Å². The number of hydrogen-bond donors (Lipinski definition) is 1. The highest BCUT2D eigenvalue weighted by molar-refractivity contribution is 6.32. The van der Waals surface area contributed by atoms with E-state index in [0.717, 1.165) is 13.1 Å². The second-order valence-electron chi connectivity index (χ2n) is 4.79. The van der Waals surface area contributed by atoms with Crippen molar-refractivity contribution in [2.45, 2.75) is 25.9 Å². The summed E-state index contributed by atoms with van der Waals surface area (Å²) < 4.78 is 5.49. The predicted molar refractivity (Wildman–Crippen MR) is 82.8 cm³/mol. The smallest absolute Gasteiger partial charge is 0.260 e. The first kappa shape index (κ1) is 17.1. The molecule has 1 heterocycles. The normalized spacial score (nSPS) is 22.1. The van der Waals surface area contributed by atoms with Crippen LogP contribution in [-0.2, 0) is 4.79 Å². The Morgan fingerprint density at radius 1 is 1.45 bits per heavy atom. The molecule has 0 aromatic heterocycles. The lowest BCUT2D eigenvalue weighted by Crippen LogP contribution is -2.58. The zero-order valence-corrected chi connectivity index (χ0v) is 13.2. The molecular weight excluding hydrogens is 299 g/mol. The number of benzene rings is 1. The maximum Gasteiger partial charge on any atom is 0.260 e. The minimum atomic E-state index is 0. The highest BCUT2D eigenvalue weighted by Gasteiger charge is 2.28. The third-order valence-electron chi connectivity index (χ3n) is 3.54. The molecule has 1 N–H and O–H groups in total. The van der Waals surface area contributed by atoms with Crippen LogP contribution in [0.1, 0.15) is 13.8 Å². The zero-order chi connectivity index (χ0) is 13.8. The molecular formula is C14H20Cl2N2O2. The number of halogens is 2. The summed E-state index contributed by atoms with van der Waals surface area (Å²) in [5, 5.41) is 3.87. The van der Waals surface area contributed by atoms with Gasteiger partial charge in [0.15, 0.2) is 6.61 Å². The Bertz CT molecular complexity index is 457.